The summed E-state index contributed by atoms with van der Waals surface area (Å²) in [5, 5.41) is 26.7. The van der Waals surface area contributed by atoms with Crippen molar-refractivity contribution >= 4 is 69.1 Å². The third kappa shape index (κ3) is 21.6. The Balaban J connectivity index is 1.30. The fourth-order valence-corrected chi connectivity index (χ4v) is 10.7. The van der Waals surface area contributed by atoms with E-state index in [4.69, 9.17) is 19.5 Å². The van der Waals surface area contributed by atoms with E-state index in [0.29, 0.717) is 12.2 Å². The standard InChI is InChI=1S/C39H70N7O17P3S/c1-5-16-27(2)17-14-12-10-8-6-7-9-11-13-15-18-30(48)67-22-21-41-29(47)19-20-42-37(51)34(50)39(3,4)24-60-66(57,58)63-65(55,56)59-23-28-33(62-64(52,53)54)32(49)38(61-28)46-26-45-31-35(40)43-25-44-36(31)46/h25-28,32-34,38,49-50H,5-24H2,1-4H3,(H,41,47)(H,42,51)(H,55,56)(H,57,58)(H2,40,43,44)(H2,52,53,54). The van der Waals surface area contributed by atoms with Gasteiger partial charge in [0.25, 0.3) is 0 Å². The predicted octanol–water partition coefficient (Wildman–Crippen LogP) is 4.78. The van der Waals surface area contributed by atoms with Crippen molar-refractivity contribution in [3.05, 3.63) is 12.7 Å². The second kappa shape index (κ2) is 28.4. The number of unbranched alkanes of at least 4 members (excludes halogenated alkanes) is 9. The zero-order valence-electron chi connectivity index (χ0n) is 38.6. The van der Waals surface area contributed by atoms with Crippen LogP contribution in [0.25, 0.3) is 11.2 Å². The zero-order chi connectivity index (χ0) is 49.8. The van der Waals surface area contributed by atoms with Crippen molar-refractivity contribution in [1.29, 1.82) is 0 Å². The molecule has 3 rings (SSSR count). The lowest BCUT2D eigenvalue weighted by molar-refractivity contribution is -0.137. The topological polar surface area (TPSA) is 364 Å². The number of nitrogens with one attached hydrogen (secondary N) is 2. The predicted molar refractivity (Wildman–Crippen MR) is 247 cm³/mol. The molecule has 8 atom stereocenters. The highest BCUT2D eigenvalue weighted by atomic mass is 32.2. The van der Waals surface area contributed by atoms with Crippen molar-refractivity contribution < 1.29 is 80.5 Å². The van der Waals surface area contributed by atoms with Crippen LogP contribution in [0.2, 0.25) is 0 Å². The molecule has 2 aromatic rings. The van der Waals surface area contributed by atoms with Crippen LogP contribution in [0.15, 0.2) is 12.7 Å². The van der Waals surface area contributed by atoms with Crippen molar-refractivity contribution in [1.82, 2.24) is 30.2 Å². The average molecular weight is 1030 g/mol. The maximum atomic E-state index is 12.7. The number of nitrogen functional groups attached to an aromatic ring is 1. The molecule has 1 fully saturated rings. The van der Waals surface area contributed by atoms with Crippen LogP contribution in [0, 0.1) is 11.3 Å². The number of imidazole rings is 1. The number of amides is 2. The van der Waals surface area contributed by atoms with E-state index in [0.717, 1.165) is 54.2 Å². The quantitative estimate of drug-likeness (QED) is 0.0336. The molecule has 3 heterocycles. The molecule has 2 amide bonds. The lowest BCUT2D eigenvalue weighted by Crippen LogP contribution is -2.46. The molecule has 0 radical (unpaired) electrons. The monoisotopic (exact) mass is 1030 g/mol. The fourth-order valence-electron chi connectivity index (χ4n) is 7.18. The lowest BCUT2D eigenvalue weighted by Gasteiger charge is -2.30. The minimum absolute atomic E-state index is 0.0338. The normalized spacial score (nSPS) is 20.6. The molecule has 0 bridgehead atoms. The van der Waals surface area contributed by atoms with E-state index in [-0.39, 0.29) is 41.6 Å². The van der Waals surface area contributed by atoms with Gasteiger partial charge in [-0.25, -0.2) is 28.6 Å². The molecule has 67 heavy (non-hydrogen) atoms. The van der Waals surface area contributed by atoms with Crippen LogP contribution >= 0.6 is 35.2 Å². The number of anilines is 1. The van der Waals surface area contributed by atoms with E-state index in [2.05, 4.69) is 48.3 Å². The molecule has 28 heteroatoms. The summed E-state index contributed by atoms with van der Waals surface area (Å²) in [6.45, 7) is 5.17. The second-order valence-corrected chi connectivity index (χ2v) is 22.6. The molecule has 24 nitrogen and oxygen atoms in total. The number of nitrogens with two attached hydrogens (primary N) is 1. The number of aliphatic hydroxyl groups is 2. The Morgan fingerprint density at radius 3 is 2.16 bits per heavy atom. The highest BCUT2D eigenvalue weighted by molar-refractivity contribution is 8.13. The van der Waals surface area contributed by atoms with Gasteiger partial charge in [0.05, 0.1) is 19.5 Å². The summed E-state index contributed by atoms with van der Waals surface area (Å²) in [6, 6.07) is 0. The number of phosphoric acid groups is 3. The van der Waals surface area contributed by atoms with Gasteiger partial charge in [-0.1, -0.05) is 117 Å². The summed E-state index contributed by atoms with van der Waals surface area (Å²) in [5.74, 6) is -0.176. The number of aliphatic hydroxyl groups excluding tert-OH is 2. The lowest BCUT2D eigenvalue weighted by atomic mass is 9.87. The zero-order valence-corrected chi connectivity index (χ0v) is 42.1. The SMILES string of the molecule is CCCC(C)CCCCCCCCCCCCC(=O)SCCNC(=O)CCNC(=O)C(O)C(C)(C)COP(=O)(O)OP(=O)(O)OCC1OC(n2cnc3c(N)ncnc32)C(O)C1OP(=O)(O)O. The Bertz CT molecular complexity index is 2010. The number of nitrogens with zero attached hydrogens (tertiary/aromatic N) is 4. The highest BCUT2D eigenvalue weighted by Gasteiger charge is 2.50. The van der Waals surface area contributed by atoms with E-state index < -0.39 is 84.6 Å². The van der Waals surface area contributed by atoms with Gasteiger partial charge in [0.1, 0.15) is 36.3 Å². The van der Waals surface area contributed by atoms with Gasteiger partial charge in [0, 0.05) is 37.1 Å². The smallest absolute Gasteiger partial charge is 0.386 e. The first-order chi connectivity index (χ1) is 31.4. The van der Waals surface area contributed by atoms with Crippen LogP contribution in [-0.2, 0) is 50.7 Å². The van der Waals surface area contributed by atoms with E-state index in [1.165, 1.54) is 78.1 Å². The van der Waals surface area contributed by atoms with Crippen molar-refractivity contribution in [2.45, 2.75) is 155 Å². The molecule has 1 saturated heterocycles. The molecule has 10 N–H and O–H groups in total. The maximum Gasteiger partial charge on any atom is 0.481 e. The number of aromatic nitrogens is 4. The molecule has 0 saturated carbocycles. The first-order valence-electron chi connectivity index (χ1n) is 22.5. The summed E-state index contributed by atoms with van der Waals surface area (Å²) in [6.07, 6.45) is 9.48. The Hall–Kier alpha value is -2.44. The number of hydrogen-bond donors (Lipinski definition) is 9. The van der Waals surface area contributed by atoms with Crippen LogP contribution in [0.1, 0.15) is 130 Å². The number of phosphoric ester groups is 3. The highest BCUT2D eigenvalue weighted by Crippen LogP contribution is 2.61. The van der Waals surface area contributed by atoms with Crippen LogP contribution in [-0.4, -0.2) is 123 Å². The van der Waals surface area contributed by atoms with Crippen molar-refractivity contribution in [3.63, 3.8) is 0 Å². The van der Waals surface area contributed by atoms with Crippen LogP contribution in [0.3, 0.4) is 0 Å². The summed E-state index contributed by atoms with van der Waals surface area (Å²) in [4.78, 5) is 88.4. The third-order valence-electron chi connectivity index (χ3n) is 10.9. The van der Waals surface area contributed by atoms with Gasteiger partial charge < -0.3 is 50.9 Å². The molecule has 0 aliphatic carbocycles. The first kappa shape index (κ1) is 58.9. The number of hydrogen-bond acceptors (Lipinski definition) is 18. The Kier molecular flexibility index (Phi) is 25.0. The number of rotatable bonds is 34. The van der Waals surface area contributed by atoms with E-state index >= 15 is 0 Å². The van der Waals surface area contributed by atoms with Gasteiger partial charge in [-0.3, -0.25) is 32.5 Å². The average Bonchev–Trinajstić information content (AvgIpc) is 3.80. The largest absolute Gasteiger partial charge is 0.481 e. The summed E-state index contributed by atoms with van der Waals surface area (Å²) >= 11 is 1.16. The summed E-state index contributed by atoms with van der Waals surface area (Å²) in [5.41, 5.74) is 4.29. The van der Waals surface area contributed by atoms with Gasteiger partial charge in [-0.2, -0.15) is 4.31 Å². The van der Waals surface area contributed by atoms with Crippen LogP contribution in [0.5, 0.6) is 0 Å². The Morgan fingerprint density at radius 1 is 0.896 bits per heavy atom. The first-order valence-corrected chi connectivity index (χ1v) is 28.0. The number of carbonyl (C=O) groups excluding carboxylic acids is 3. The molecule has 384 valence electrons. The molecule has 2 aromatic heterocycles. The van der Waals surface area contributed by atoms with Crippen LogP contribution in [0.4, 0.5) is 5.82 Å². The molecule has 0 aromatic carbocycles. The van der Waals surface area contributed by atoms with Gasteiger partial charge in [0.2, 0.25) is 11.8 Å². The molecular formula is C39H70N7O17P3S. The number of ether oxygens (including phenoxy) is 1. The second-order valence-electron chi connectivity index (χ2n) is 17.3. The van der Waals surface area contributed by atoms with Gasteiger partial charge in [-0.05, 0) is 12.3 Å². The Labute approximate surface area is 395 Å². The summed E-state index contributed by atoms with van der Waals surface area (Å²) in [7, 11) is -16.4. The van der Waals surface area contributed by atoms with Gasteiger partial charge in [0.15, 0.2) is 22.8 Å². The number of fused-ring (bicyclic) bond motifs is 1. The minimum Gasteiger partial charge on any atom is -0.386 e. The van der Waals surface area contributed by atoms with E-state index in [1.807, 2.05) is 0 Å². The fraction of sp³-hybridized carbons (Fsp3) is 0.795. The Morgan fingerprint density at radius 2 is 1.52 bits per heavy atom. The molecular weight excluding hydrogens is 963 g/mol. The van der Waals surface area contributed by atoms with Crippen LogP contribution < -0.4 is 16.4 Å². The third-order valence-corrected chi connectivity index (χ3v) is 14.9. The molecule has 8 unspecified atom stereocenters. The van der Waals surface area contributed by atoms with Crippen molar-refractivity contribution in [2.24, 2.45) is 11.3 Å². The molecule has 1 aliphatic heterocycles. The van der Waals surface area contributed by atoms with Crippen molar-refractivity contribution in [3.8, 4) is 0 Å². The van der Waals surface area contributed by atoms with Crippen molar-refractivity contribution in [2.75, 3.05) is 37.8 Å². The van der Waals surface area contributed by atoms with Gasteiger partial charge in [-0.15, -0.1) is 0 Å². The summed E-state index contributed by atoms with van der Waals surface area (Å²) < 4.78 is 62.4. The molecule has 0 spiro atoms. The molecule has 1 aliphatic rings. The number of thioether (sulfide) groups is 1. The minimum atomic E-state index is -5.57. The van der Waals surface area contributed by atoms with Gasteiger partial charge >= 0.3 is 23.5 Å². The maximum absolute atomic E-state index is 12.7. The van der Waals surface area contributed by atoms with E-state index in [9.17, 15) is 57.9 Å². The number of carbonyl (C=O) groups is 3. The van der Waals surface area contributed by atoms with E-state index in [1.54, 1.807) is 0 Å².